The van der Waals surface area contributed by atoms with Gasteiger partial charge in [-0.3, -0.25) is 9.59 Å². The fourth-order valence-corrected chi connectivity index (χ4v) is 4.10. The summed E-state index contributed by atoms with van der Waals surface area (Å²) in [6.45, 7) is 1.55. The molecule has 0 bridgehead atoms. The lowest BCUT2D eigenvalue weighted by molar-refractivity contribution is -0.274. The predicted octanol–water partition coefficient (Wildman–Crippen LogP) is 1.25. The minimum atomic E-state index is -4.96. The van der Waals surface area contributed by atoms with Crippen molar-refractivity contribution in [2.24, 2.45) is 5.92 Å². The predicted molar refractivity (Wildman–Crippen MR) is 106 cm³/mol. The van der Waals surface area contributed by atoms with Crippen LogP contribution < -0.4 is 14.8 Å². The van der Waals surface area contributed by atoms with Crippen LogP contribution in [0.1, 0.15) is 30.9 Å². The SMILES string of the molecule is C[C@@H](NS(C)(=O)=O)C(=O)N1CCC[C@@H](C(=O)NCc2ccc(C#N)cc2OC(F)(F)F)C1. The quantitative estimate of drug-likeness (QED) is 0.610. The van der Waals surface area contributed by atoms with Crippen LogP contribution in [0.5, 0.6) is 5.75 Å². The number of benzene rings is 1. The van der Waals surface area contributed by atoms with Gasteiger partial charge in [0.05, 0.1) is 29.8 Å². The molecule has 2 rings (SSSR count). The summed E-state index contributed by atoms with van der Waals surface area (Å²) in [5, 5.41) is 11.4. The van der Waals surface area contributed by atoms with Crippen LogP contribution in [0.3, 0.4) is 0 Å². The first-order valence-electron chi connectivity index (χ1n) is 9.61. The number of likely N-dealkylation sites (tertiary alicyclic amines) is 1. The molecule has 32 heavy (non-hydrogen) atoms. The van der Waals surface area contributed by atoms with Crippen molar-refractivity contribution in [3.63, 3.8) is 0 Å². The van der Waals surface area contributed by atoms with Gasteiger partial charge in [0, 0.05) is 25.2 Å². The zero-order valence-electron chi connectivity index (χ0n) is 17.4. The van der Waals surface area contributed by atoms with Crippen molar-refractivity contribution in [2.75, 3.05) is 19.3 Å². The number of ether oxygens (including phenoxy) is 1. The maximum Gasteiger partial charge on any atom is 0.573 e. The maximum absolute atomic E-state index is 12.7. The van der Waals surface area contributed by atoms with E-state index in [2.05, 4.69) is 14.8 Å². The topological polar surface area (TPSA) is 129 Å². The molecule has 1 saturated heterocycles. The fourth-order valence-electron chi connectivity index (χ4n) is 3.35. The third-order valence-electron chi connectivity index (χ3n) is 4.74. The summed E-state index contributed by atoms with van der Waals surface area (Å²) in [6.07, 6.45) is -3.06. The molecule has 2 atom stereocenters. The summed E-state index contributed by atoms with van der Waals surface area (Å²) in [4.78, 5) is 26.4. The average molecular weight is 476 g/mol. The van der Waals surface area contributed by atoms with Gasteiger partial charge in [0.25, 0.3) is 0 Å². The first-order chi connectivity index (χ1) is 14.8. The van der Waals surface area contributed by atoms with Crippen molar-refractivity contribution in [1.82, 2.24) is 14.9 Å². The Morgan fingerprint density at radius 3 is 2.66 bits per heavy atom. The molecular weight excluding hydrogens is 453 g/mol. The van der Waals surface area contributed by atoms with E-state index < -0.39 is 45.9 Å². The highest BCUT2D eigenvalue weighted by molar-refractivity contribution is 7.88. The lowest BCUT2D eigenvalue weighted by Gasteiger charge is -2.33. The lowest BCUT2D eigenvalue weighted by atomic mass is 9.96. The highest BCUT2D eigenvalue weighted by atomic mass is 32.2. The summed E-state index contributed by atoms with van der Waals surface area (Å²) in [5.74, 6) is -2.13. The Hall–Kier alpha value is -2.85. The van der Waals surface area contributed by atoms with Crippen molar-refractivity contribution >= 4 is 21.8 Å². The second-order valence-electron chi connectivity index (χ2n) is 7.44. The molecule has 1 aromatic rings. The largest absolute Gasteiger partial charge is 0.573 e. The van der Waals surface area contributed by atoms with Crippen LogP contribution in [-0.4, -0.2) is 56.9 Å². The maximum atomic E-state index is 12.7. The Labute approximate surface area is 183 Å². The van der Waals surface area contributed by atoms with E-state index in [4.69, 9.17) is 5.26 Å². The summed E-state index contributed by atoms with van der Waals surface area (Å²) in [6, 6.07) is 4.23. The molecule has 0 saturated carbocycles. The van der Waals surface area contributed by atoms with E-state index in [1.807, 2.05) is 0 Å². The minimum Gasteiger partial charge on any atom is -0.405 e. The average Bonchev–Trinajstić information content (AvgIpc) is 2.69. The van der Waals surface area contributed by atoms with Gasteiger partial charge in [-0.15, -0.1) is 13.2 Å². The van der Waals surface area contributed by atoms with Crippen LogP contribution in [-0.2, 0) is 26.2 Å². The van der Waals surface area contributed by atoms with E-state index in [0.29, 0.717) is 19.4 Å². The zero-order chi connectivity index (χ0) is 24.1. The van der Waals surface area contributed by atoms with E-state index in [1.165, 1.54) is 24.0 Å². The van der Waals surface area contributed by atoms with Gasteiger partial charge in [0.15, 0.2) is 0 Å². The van der Waals surface area contributed by atoms with Gasteiger partial charge >= 0.3 is 6.36 Å². The Morgan fingerprint density at radius 2 is 2.06 bits per heavy atom. The van der Waals surface area contributed by atoms with Gasteiger partial charge in [0.1, 0.15) is 5.75 Å². The van der Waals surface area contributed by atoms with E-state index in [1.54, 1.807) is 6.07 Å². The summed E-state index contributed by atoms with van der Waals surface area (Å²) >= 11 is 0. The standard InChI is InChI=1S/C19H23F3N4O5S/c1-12(25-32(2,29)30)18(28)26-7-3-4-15(11-26)17(27)24-10-14-6-5-13(9-23)8-16(14)31-19(20,21)22/h5-6,8,12,15,25H,3-4,7,10-11H2,1-2H3,(H,24,27)/t12-,15-/m1/s1. The summed E-state index contributed by atoms with van der Waals surface area (Å²) in [5.41, 5.74) is 0.00183. The summed E-state index contributed by atoms with van der Waals surface area (Å²) < 4.78 is 66.8. The Morgan fingerprint density at radius 1 is 1.38 bits per heavy atom. The third kappa shape index (κ3) is 7.69. The van der Waals surface area contributed by atoms with Crippen LogP contribution in [0.25, 0.3) is 0 Å². The fraction of sp³-hybridized carbons (Fsp3) is 0.526. The van der Waals surface area contributed by atoms with E-state index >= 15 is 0 Å². The monoisotopic (exact) mass is 476 g/mol. The Kier molecular flexibility index (Phi) is 8.08. The molecule has 0 aromatic heterocycles. The molecule has 1 fully saturated rings. The second-order valence-corrected chi connectivity index (χ2v) is 9.22. The molecule has 0 radical (unpaired) electrons. The van der Waals surface area contributed by atoms with Crippen molar-refractivity contribution in [1.29, 1.82) is 5.26 Å². The van der Waals surface area contributed by atoms with Crippen LogP contribution in [0.2, 0.25) is 0 Å². The summed E-state index contributed by atoms with van der Waals surface area (Å²) in [7, 11) is -3.59. The van der Waals surface area contributed by atoms with Crippen molar-refractivity contribution < 1.29 is 35.9 Å². The van der Waals surface area contributed by atoms with E-state index in [0.717, 1.165) is 12.3 Å². The number of carbonyl (C=O) groups excluding carboxylic acids is 2. The Balaban J connectivity index is 2.03. The highest BCUT2D eigenvalue weighted by Gasteiger charge is 2.33. The normalized spacial score (nSPS) is 17.9. The minimum absolute atomic E-state index is 0.0300. The molecule has 0 aliphatic carbocycles. The molecule has 13 heteroatoms. The molecule has 0 unspecified atom stereocenters. The molecule has 1 heterocycles. The molecule has 176 valence electrons. The smallest absolute Gasteiger partial charge is 0.405 e. The van der Waals surface area contributed by atoms with Crippen molar-refractivity contribution in [3.8, 4) is 11.8 Å². The van der Waals surface area contributed by atoms with Gasteiger partial charge in [-0.25, -0.2) is 13.1 Å². The third-order valence-corrected chi connectivity index (χ3v) is 5.52. The number of alkyl halides is 3. The zero-order valence-corrected chi connectivity index (χ0v) is 18.2. The van der Waals surface area contributed by atoms with Crippen molar-refractivity contribution in [3.05, 3.63) is 29.3 Å². The number of carbonyl (C=O) groups is 2. The Bertz CT molecular complexity index is 1010. The van der Waals surface area contributed by atoms with Gasteiger partial charge in [0.2, 0.25) is 21.8 Å². The van der Waals surface area contributed by atoms with E-state index in [-0.39, 0.29) is 24.2 Å². The number of nitrogens with one attached hydrogen (secondary N) is 2. The number of halogens is 3. The number of hydrogen-bond acceptors (Lipinski definition) is 6. The first-order valence-corrected chi connectivity index (χ1v) is 11.5. The first kappa shape index (κ1) is 25.4. The number of hydrogen-bond donors (Lipinski definition) is 2. The number of rotatable bonds is 7. The van der Waals surface area contributed by atoms with Gasteiger partial charge < -0.3 is 15.0 Å². The molecule has 2 N–H and O–H groups in total. The highest BCUT2D eigenvalue weighted by Crippen LogP contribution is 2.28. The van der Waals surface area contributed by atoms with Crippen LogP contribution in [0.15, 0.2) is 18.2 Å². The van der Waals surface area contributed by atoms with E-state index in [9.17, 15) is 31.2 Å². The lowest BCUT2D eigenvalue weighted by Crippen LogP contribution is -2.51. The number of piperidine rings is 1. The van der Waals surface area contributed by atoms with Crippen molar-refractivity contribution in [2.45, 2.75) is 38.7 Å². The van der Waals surface area contributed by atoms with Gasteiger partial charge in [-0.05, 0) is 31.9 Å². The number of nitriles is 1. The van der Waals surface area contributed by atoms with Gasteiger partial charge in [-0.1, -0.05) is 6.07 Å². The molecular formula is C19H23F3N4O5S. The number of amides is 2. The van der Waals surface area contributed by atoms with Gasteiger partial charge in [-0.2, -0.15) is 5.26 Å². The second kappa shape index (κ2) is 10.2. The van der Waals surface area contributed by atoms with Crippen LogP contribution >= 0.6 is 0 Å². The molecule has 0 spiro atoms. The molecule has 1 aromatic carbocycles. The van der Waals surface area contributed by atoms with Crippen LogP contribution in [0.4, 0.5) is 13.2 Å². The molecule has 2 amide bonds. The molecule has 9 nitrogen and oxygen atoms in total. The van der Waals surface area contributed by atoms with Crippen LogP contribution in [0, 0.1) is 17.2 Å². The number of nitrogens with zero attached hydrogens (tertiary/aromatic N) is 2. The molecule has 1 aliphatic heterocycles. The molecule has 1 aliphatic rings. The number of sulfonamides is 1.